The monoisotopic (exact) mass is 320 g/mol. The number of halogens is 3. The van der Waals surface area contributed by atoms with E-state index in [1.54, 1.807) is 30.3 Å². The molecule has 1 atom stereocenters. The molecule has 0 amide bonds. The summed E-state index contributed by atoms with van der Waals surface area (Å²) < 4.78 is 38.3. The fraction of sp³-hybridized carbons (Fsp3) is 0.188. The summed E-state index contributed by atoms with van der Waals surface area (Å²) in [7, 11) is 0. The van der Waals surface area contributed by atoms with Crippen molar-refractivity contribution in [2.75, 3.05) is 0 Å². The van der Waals surface area contributed by atoms with Crippen molar-refractivity contribution in [2.24, 2.45) is 0 Å². The third-order valence-corrected chi connectivity index (χ3v) is 3.64. The number of hydrogen-bond donors (Lipinski definition) is 0. The van der Waals surface area contributed by atoms with Crippen molar-refractivity contribution >= 4 is 5.69 Å². The van der Waals surface area contributed by atoms with Crippen LogP contribution in [0.15, 0.2) is 48.5 Å². The van der Waals surface area contributed by atoms with Crippen molar-refractivity contribution in [3.05, 3.63) is 75.3 Å². The van der Waals surface area contributed by atoms with E-state index in [9.17, 15) is 28.5 Å². The molecule has 0 saturated carbocycles. The Hall–Kier alpha value is -2.88. The molecule has 0 aliphatic rings. The van der Waals surface area contributed by atoms with Crippen molar-refractivity contribution < 1.29 is 18.1 Å². The molecule has 0 N–H and O–H groups in total. The van der Waals surface area contributed by atoms with Gasteiger partial charge in [-0.1, -0.05) is 30.3 Å². The van der Waals surface area contributed by atoms with Crippen molar-refractivity contribution in [3.8, 4) is 6.07 Å². The molecule has 2 aromatic rings. The maximum atomic E-state index is 12.8. The van der Waals surface area contributed by atoms with E-state index < -0.39 is 27.8 Å². The Bertz CT molecular complexity index is 782. The normalized spacial score (nSPS) is 13.9. The number of hydrogen-bond acceptors (Lipinski definition) is 3. The molecule has 7 heteroatoms. The number of nitro groups is 1. The standard InChI is InChI=1S/C16H11F3N2O2/c1-15(10-20,11-5-3-2-4-6-11)13-8-7-12(16(17,18)19)9-14(13)21(22)23/h2-9H,1H3/t15-/m1/s1. The lowest BCUT2D eigenvalue weighted by molar-refractivity contribution is -0.386. The predicted molar refractivity (Wildman–Crippen MR) is 76.6 cm³/mol. The summed E-state index contributed by atoms with van der Waals surface area (Å²) in [6, 6.07) is 12.4. The summed E-state index contributed by atoms with van der Waals surface area (Å²) >= 11 is 0. The highest BCUT2D eigenvalue weighted by Crippen LogP contribution is 2.40. The number of benzene rings is 2. The Labute approximate surface area is 129 Å². The minimum absolute atomic E-state index is 0.0794. The van der Waals surface area contributed by atoms with Crippen LogP contribution in [0, 0.1) is 21.4 Å². The highest BCUT2D eigenvalue weighted by Gasteiger charge is 2.38. The minimum Gasteiger partial charge on any atom is -0.258 e. The first-order chi connectivity index (χ1) is 10.7. The minimum atomic E-state index is -4.70. The molecular formula is C16H11F3N2O2. The van der Waals surface area contributed by atoms with Crippen LogP contribution in [0.3, 0.4) is 0 Å². The first-order valence-corrected chi connectivity index (χ1v) is 6.53. The van der Waals surface area contributed by atoms with Crippen LogP contribution in [0.2, 0.25) is 0 Å². The van der Waals surface area contributed by atoms with Crippen molar-refractivity contribution in [3.63, 3.8) is 0 Å². The van der Waals surface area contributed by atoms with Crippen LogP contribution in [0.4, 0.5) is 18.9 Å². The molecule has 0 fully saturated rings. The van der Waals surface area contributed by atoms with E-state index in [4.69, 9.17) is 0 Å². The van der Waals surface area contributed by atoms with Gasteiger partial charge in [-0.2, -0.15) is 18.4 Å². The molecule has 0 aromatic heterocycles. The van der Waals surface area contributed by atoms with Crippen LogP contribution in [0.1, 0.15) is 23.6 Å². The maximum absolute atomic E-state index is 12.8. The Morgan fingerprint density at radius 1 is 1.09 bits per heavy atom. The molecular weight excluding hydrogens is 309 g/mol. The molecule has 118 valence electrons. The largest absolute Gasteiger partial charge is 0.416 e. The van der Waals surface area contributed by atoms with Crippen LogP contribution in [-0.4, -0.2) is 4.92 Å². The van der Waals surface area contributed by atoms with Gasteiger partial charge in [-0.25, -0.2) is 0 Å². The highest BCUT2D eigenvalue weighted by atomic mass is 19.4. The van der Waals surface area contributed by atoms with Crippen molar-refractivity contribution in [2.45, 2.75) is 18.5 Å². The SMILES string of the molecule is C[C@@](C#N)(c1ccccc1)c1ccc(C(F)(F)F)cc1[N+](=O)[O-]. The molecule has 0 radical (unpaired) electrons. The third kappa shape index (κ3) is 3.01. The van der Waals surface area contributed by atoms with Gasteiger partial charge in [-0.15, -0.1) is 0 Å². The second-order valence-electron chi connectivity index (χ2n) is 5.09. The summed E-state index contributed by atoms with van der Waals surface area (Å²) in [4.78, 5) is 10.3. The Morgan fingerprint density at radius 2 is 1.70 bits per heavy atom. The molecule has 0 heterocycles. The number of alkyl halides is 3. The van der Waals surface area contributed by atoms with Gasteiger partial charge in [-0.05, 0) is 24.6 Å². The van der Waals surface area contributed by atoms with Crippen LogP contribution >= 0.6 is 0 Å². The zero-order valence-electron chi connectivity index (χ0n) is 12.0. The topological polar surface area (TPSA) is 66.9 Å². The molecule has 0 aliphatic heterocycles. The molecule has 0 spiro atoms. The lowest BCUT2D eigenvalue weighted by Gasteiger charge is -2.23. The zero-order valence-corrected chi connectivity index (χ0v) is 12.0. The summed E-state index contributed by atoms with van der Waals surface area (Å²) in [5, 5.41) is 20.8. The van der Waals surface area contributed by atoms with E-state index in [0.29, 0.717) is 11.6 Å². The molecule has 23 heavy (non-hydrogen) atoms. The van der Waals surface area contributed by atoms with Gasteiger partial charge in [0.25, 0.3) is 5.69 Å². The van der Waals surface area contributed by atoms with Crippen LogP contribution < -0.4 is 0 Å². The number of nitrogens with zero attached hydrogens (tertiary/aromatic N) is 2. The first kappa shape index (κ1) is 16.5. The van der Waals surface area contributed by atoms with Gasteiger partial charge in [-0.3, -0.25) is 10.1 Å². The average molecular weight is 320 g/mol. The lowest BCUT2D eigenvalue weighted by atomic mass is 9.76. The van der Waals surface area contributed by atoms with E-state index in [-0.39, 0.29) is 5.56 Å². The summed E-state index contributed by atoms with van der Waals surface area (Å²) in [6.45, 7) is 1.44. The number of nitriles is 1. The fourth-order valence-corrected chi connectivity index (χ4v) is 2.33. The van der Waals surface area contributed by atoms with E-state index in [0.717, 1.165) is 12.1 Å². The van der Waals surface area contributed by atoms with Gasteiger partial charge in [0, 0.05) is 6.07 Å². The van der Waals surface area contributed by atoms with Crippen molar-refractivity contribution in [1.29, 1.82) is 5.26 Å². The maximum Gasteiger partial charge on any atom is 0.416 e. The molecule has 2 aromatic carbocycles. The van der Waals surface area contributed by atoms with Gasteiger partial charge in [0.2, 0.25) is 0 Å². The van der Waals surface area contributed by atoms with E-state index in [1.165, 1.54) is 6.92 Å². The van der Waals surface area contributed by atoms with Crippen molar-refractivity contribution in [1.82, 2.24) is 0 Å². The second-order valence-corrected chi connectivity index (χ2v) is 5.09. The van der Waals surface area contributed by atoms with Crippen LogP contribution in [0.5, 0.6) is 0 Å². The molecule has 0 bridgehead atoms. The molecule has 0 aliphatic carbocycles. The highest BCUT2D eigenvalue weighted by molar-refractivity contribution is 5.56. The molecule has 4 nitrogen and oxygen atoms in total. The first-order valence-electron chi connectivity index (χ1n) is 6.53. The summed E-state index contributed by atoms with van der Waals surface area (Å²) in [6.07, 6.45) is -4.70. The quantitative estimate of drug-likeness (QED) is 0.620. The van der Waals surface area contributed by atoms with E-state index >= 15 is 0 Å². The predicted octanol–water partition coefficient (Wildman–Crippen LogP) is 4.44. The Morgan fingerprint density at radius 3 is 2.17 bits per heavy atom. The molecule has 2 rings (SSSR count). The van der Waals surface area contributed by atoms with Gasteiger partial charge in [0.1, 0.15) is 5.41 Å². The number of nitro benzene ring substituents is 1. The fourth-order valence-electron chi connectivity index (χ4n) is 2.33. The van der Waals surface area contributed by atoms with Gasteiger partial charge in [0.15, 0.2) is 0 Å². The van der Waals surface area contributed by atoms with E-state index in [2.05, 4.69) is 0 Å². The third-order valence-electron chi connectivity index (χ3n) is 3.64. The molecule has 0 unspecified atom stereocenters. The van der Waals surface area contributed by atoms with Gasteiger partial charge >= 0.3 is 6.18 Å². The lowest BCUT2D eigenvalue weighted by Crippen LogP contribution is -2.23. The second kappa shape index (κ2) is 5.72. The van der Waals surface area contributed by atoms with E-state index in [1.807, 2.05) is 6.07 Å². The number of rotatable bonds is 3. The smallest absolute Gasteiger partial charge is 0.258 e. The van der Waals surface area contributed by atoms with Crippen LogP contribution in [-0.2, 0) is 11.6 Å². The summed E-state index contributed by atoms with van der Waals surface area (Å²) in [5.74, 6) is 0. The molecule has 0 saturated heterocycles. The zero-order chi connectivity index (χ0) is 17.3. The van der Waals surface area contributed by atoms with Gasteiger partial charge in [0.05, 0.1) is 22.1 Å². The Kier molecular flexibility index (Phi) is 4.10. The van der Waals surface area contributed by atoms with Crippen LogP contribution in [0.25, 0.3) is 0 Å². The van der Waals surface area contributed by atoms with Gasteiger partial charge < -0.3 is 0 Å². The average Bonchev–Trinajstić information content (AvgIpc) is 2.53. The summed E-state index contributed by atoms with van der Waals surface area (Å²) in [5.41, 5.74) is -2.91. The Balaban J connectivity index is 2.71.